The van der Waals surface area contributed by atoms with Crippen LogP contribution in [0.2, 0.25) is 0 Å². The number of carbonyl (C=O) groups excluding carboxylic acids is 1. The summed E-state index contributed by atoms with van der Waals surface area (Å²) in [4.78, 5) is 18.9. The van der Waals surface area contributed by atoms with Gasteiger partial charge < -0.3 is 0 Å². The van der Waals surface area contributed by atoms with E-state index < -0.39 is 0 Å². The van der Waals surface area contributed by atoms with Gasteiger partial charge in [0.2, 0.25) is 0 Å². The Morgan fingerprint density at radius 3 is 2.24 bits per heavy atom. The van der Waals surface area contributed by atoms with Crippen molar-refractivity contribution < 1.29 is 9.18 Å². The number of pyridine rings is 1. The lowest BCUT2D eigenvalue weighted by atomic mass is 10.1. The van der Waals surface area contributed by atoms with Gasteiger partial charge in [0, 0.05) is 11.8 Å². The maximum atomic E-state index is 13.2. The number of halogens is 1. The van der Waals surface area contributed by atoms with Crippen LogP contribution in [0.5, 0.6) is 0 Å². The molecule has 0 aliphatic heterocycles. The van der Waals surface area contributed by atoms with Crippen LogP contribution in [0.25, 0.3) is 0 Å². The van der Waals surface area contributed by atoms with Crippen molar-refractivity contribution in [1.82, 2.24) is 4.98 Å². The molecule has 0 aliphatic carbocycles. The standard InChI is InChI=1S/C21H19FN2O/c1-2-16-6-8-17(9-7-16)15-24(20-5-3-4-14-23-20)21(25)18-10-12-19(22)13-11-18/h3-14H,2,15H2,1H3. The molecule has 0 saturated carbocycles. The summed E-state index contributed by atoms with van der Waals surface area (Å²) >= 11 is 0. The number of benzene rings is 2. The van der Waals surface area contributed by atoms with Gasteiger partial charge in [-0.05, 0) is 53.9 Å². The van der Waals surface area contributed by atoms with E-state index in [1.807, 2.05) is 18.2 Å². The minimum atomic E-state index is -0.365. The highest BCUT2D eigenvalue weighted by atomic mass is 19.1. The summed E-state index contributed by atoms with van der Waals surface area (Å²) in [6.07, 6.45) is 2.62. The molecule has 0 unspecified atom stereocenters. The molecule has 0 radical (unpaired) electrons. The molecule has 0 saturated heterocycles. The first-order chi connectivity index (χ1) is 12.2. The molecule has 3 aromatic rings. The van der Waals surface area contributed by atoms with Gasteiger partial charge in [-0.3, -0.25) is 9.69 Å². The molecule has 3 rings (SSSR count). The fraction of sp³-hybridized carbons (Fsp3) is 0.143. The highest BCUT2D eigenvalue weighted by Crippen LogP contribution is 2.18. The van der Waals surface area contributed by atoms with Gasteiger partial charge in [0.1, 0.15) is 11.6 Å². The molecule has 3 nitrogen and oxygen atoms in total. The van der Waals surface area contributed by atoms with Crippen molar-refractivity contribution in [1.29, 1.82) is 0 Å². The summed E-state index contributed by atoms with van der Waals surface area (Å²) in [5.74, 6) is -0.00856. The normalized spacial score (nSPS) is 10.5. The van der Waals surface area contributed by atoms with E-state index in [0.29, 0.717) is 17.9 Å². The van der Waals surface area contributed by atoms with Crippen molar-refractivity contribution in [3.63, 3.8) is 0 Å². The summed E-state index contributed by atoms with van der Waals surface area (Å²) in [7, 11) is 0. The average Bonchev–Trinajstić information content (AvgIpc) is 2.67. The summed E-state index contributed by atoms with van der Waals surface area (Å²) in [6.45, 7) is 2.50. The van der Waals surface area contributed by atoms with Crippen molar-refractivity contribution in [3.05, 3.63) is 95.4 Å². The van der Waals surface area contributed by atoms with Crippen molar-refractivity contribution in [3.8, 4) is 0 Å². The summed E-state index contributed by atoms with van der Waals surface area (Å²) in [6, 6.07) is 19.2. The number of aromatic nitrogens is 1. The second kappa shape index (κ2) is 7.71. The first-order valence-electron chi connectivity index (χ1n) is 8.23. The molecule has 1 aromatic heterocycles. The Bertz CT molecular complexity index is 830. The number of hydrogen-bond acceptors (Lipinski definition) is 2. The number of carbonyl (C=O) groups is 1. The zero-order valence-electron chi connectivity index (χ0n) is 14.0. The maximum absolute atomic E-state index is 13.2. The summed E-state index contributed by atoms with van der Waals surface area (Å²) < 4.78 is 13.2. The Balaban J connectivity index is 1.92. The molecule has 2 aromatic carbocycles. The molecular weight excluding hydrogens is 315 g/mol. The van der Waals surface area contributed by atoms with Crippen LogP contribution >= 0.6 is 0 Å². The Morgan fingerprint density at radius 1 is 0.960 bits per heavy atom. The third-order valence-corrected chi connectivity index (χ3v) is 4.03. The van der Waals surface area contributed by atoms with Gasteiger partial charge >= 0.3 is 0 Å². The van der Waals surface area contributed by atoms with E-state index in [9.17, 15) is 9.18 Å². The van der Waals surface area contributed by atoms with Gasteiger partial charge in [-0.15, -0.1) is 0 Å². The van der Waals surface area contributed by atoms with E-state index in [4.69, 9.17) is 0 Å². The van der Waals surface area contributed by atoms with Gasteiger partial charge in [-0.25, -0.2) is 9.37 Å². The number of hydrogen-bond donors (Lipinski definition) is 0. The predicted octanol–water partition coefficient (Wildman–Crippen LogP) is 4.63. The smallest absolute Gasteiger partial charge is 0.259 e. The number of rotatable bonds is 5. The molecule has 1 amide bonds. The number of aryl methyl sites for hydroxylation is 1. The molecular formula is C21H19FN2O. The number of amides is 1. The third-order valence-electron chi connectivity index (χ3n) is 4.03. The van der Waals surface area contributed by atoms with E-state index in [-0.39, 0.29) is 11.7 Å². The van der Waals surface area contributed by atoms with E-state index in [0.717, 1.165) is 12.0 Å². The topological polar surface area (TPSA) is 33.2 Å². The van der Waals surface area contributed by atoms with Gasteiger partial charge in [-0.1, -0.05) is 37.3 Å². The second-order valence-electron chi connectivity index (χ2n) is 5.76. The molecule has 0 spiro atoms. The van der Waals surface area contributed by atoms with Crippen molar-refractivity contribution >= 4 is 11.7 Å². The Hall–Kier alpha value is -3.01. The second-order valence-corrected chi connectivity index (χ2v) is 5.76. The molecule has 0 N–H and O–H groups in total. The fourth-order valence-corrected chi connectivity index (χ4v) is 2.58. The van der Waals surface area contributed by atoms with Crippen LogP contribution in [-0.2, 0) is 13.0 Å². The summed E-state index contributed by atoms with van der Waals surface area (Å²) in [5.41, 5.74) is 2.69. The SMILES string of the molecule is CCc1ccc(CN(C(=O)c2ccc(F)cc2)c2ccccn2)cc1. The molecule has 1 heterocycles. The highest BCUT2D eigenvalue weighted by molar-refractivity contribution is 6.05. The molecule has 0 atom stereocenters. The van der Waals surface area contributed by atoms with Gasteiger partial charge in [0.15, 0.2) is 0 Å². The van der Waals surface area contributed by atoms with Gasteiger partial charge in [0.25, 0.3) is 5.91 Å². The minimum absolute atomic E-state index is 0.210. The molecule has 0 bridgehead atoms. The quantitative estimate of drug-likeness (QED) is 0.681. The van der Waals surface area contributed by atoms with Gasteiger partial charge in [0.05, 0.1) is 6.54 Å². The van der Waals surface area contributed by atoms with Crippen LogP contribution < -0.4 is 4.90 Å². The van der Waals surface area contributed by atoms with E-state index in [2.05, 4.69) is 24.0 Å². The fourth-order valence-electron chi connectivity index (χ4n) is 2.58. The number of anilines is 1. The van der Waals surface area contributed by atoms with E-state index in [1.54, 1.807) is 23.2 Å². The van der Waals surface area contributed by atoms with E-state index in [1.165, 1.54) is 29.8 Å². The van der Waals surface area contributed by atoms with Crippen LogP contribution in [0.1, 0.15) is 28.4 Å². The molecule has 126 valence electrons. The largest absolute Gasteiger partial charge is 0.288 e. The van der Waals surface area contributed by atoms with Crippen LogP contribution in [-0.4, -0.2) is 10.9 Å². The van der Waals surface area contributed by atoms with Gasteiger partial charge in [-0.2, -0.15) is 0 Å². The Kier molecular flexibility index (Phi) is 5.19. The van der Waals surface area contributed by atoms with Crippen molar-refractivity contribution in [2.24, 2.45) is 0 Å². The average molecular weight is 334 g/mol. The monoisotopic (exact) mass is 334 g/mol. The first-order valence-corrected chi connectivity index (χ1v) is 8.23. The Morgan fingerprint density at radius 2 is 1.64 bits per heavy atom. The van der Waals surface area contributed by atoms with E-state index >= 15 is 0 Å². The molecule has 0 fully saturated rings. The predicted molar refractivity (Wildman–Crippen MR) is 97.0 cm³/mol. The van der Waals surface area contributed by atoms with Crippen LogP contribution in [0.4, 0.5) is 10.2 Å². The van der Waals surface area contributed by atoms with Crippen LogP contribution in [0.3, 0.4) is 0 Å². The molecule has 0 aliphatic rings. The number of nitrogens with zero attached hydrogens (tertiary/aromatic N) is 2. The highest BCUT2D eigenvalue weighted by Gasteiger charge is 2.19. The van der Waals surface area contributed by atoms with Crippen LogP contribution in [0, 0.1) is 5.82 Å². The zero-order valence-corrected chi connectivity index (χ0v) is 14.0. The van der Waals surface area contributed by atoms with Crippen LogP contribution in [0.15, 0.2) is 72.9 Å². The lowest BCUT2D eigenvalue weighted by Crippen LogP contribution is -2.31. The lowest BCUT2D eigenvalue weighted by molar-refractivity contribution is 0.0984. The Labute approximate surface area is 146 Å². The molecule has 25 heavy (non-hydrogen) atoms. The van der Waals surface area contributed by atoms with Crippen molar-refractivity contribution in [2.75, 3.05) is 4.90 Å². The zero-order chi connectivity index (χ0) is 17.6. The lowest BCUT2D eigenvalue weighted by Gasteiger charge is -2.22. The van der Waals surface area contributed by atoms with Crippen molar-refractivity contribution in [2.45, 2.75) is 19.9 Å². The third kappa shape index (κ3) is 4.10. The summed E-state index contributed by atoms with van der Waals surface area (Å²) in [5, 5.41) is 0. The minimum Gasteiger partial charge on any atom is -0.288 e. The molecule has 4 heteroatoms. The first kappa shape index (κ1) is 16.8. The maximum Gasteiger partial charge on any atom is 0.259 e.